The van der Waals surface area contributed by atoms with Crippen molar-refractivity contribution in [3.05, 3.63) is 41.6 Å². The molecule has 2 rings (SSSR count). The minimum atomic E-state index is -1.07. The van der Waals surface area contributed by atoms with Gasteiger partial charge in [0.1, 0.15) is 5.02 Å². The number of carboxylic acid groups (broad SMARTS) is 1. The van der Waals surface area contributed by atoms with Crippen molar-refractivity contribution in [3.8, 4) is 11.6 Å². The third-order valence-electron chi connectivity index (χ3n) is 2.30. The third kappa shape index (κ3) is 2.62. The van der Waals surface area contributed by atoms with Crippen LogP contribution in [0.25, 0.3) is 5.69 Å². The van der Waals surface area contributed by atoms with Crippen LogP contribution >= 0.6 is 11.6 Å². The molecule has 0 aliphatic heterocycles. The van der Waals surface area contributed by atoms with Gasteiger partial charge in [0.2, 0.25) is 0 Å². The van der Waals surface area contributed by atoms with Crippen LogP contribution < -0.4 is 4.74 Å². The van der Waals surface area contributed by atoms with Gasteiger partial charge < -0.3 is 9.84 Å². The molecule has 6 heteroatoms. The molecule has 0 saturated carbocycles. The largest absolute Gasteiger partial charge is 0.479 e. The molecule has 0 aliphatic carbocycles. The standard InChI is InChI=1S/C12H11ClN2O3/c1-8(12(16)17)18-11-10(13)7-15(14-11)9-5-3-2-4-6-9/h2-8H,1H3,(H,16,17)/t8-/m1/s1. The topological polar surface area (TPSA) is 64.4 Å². The lowest BCUT2D eigenvalue weighted by atomic mass is 10.3. The fraction of sp³-hybridized carbons (Fsp3) is 0.167. The summed E-state index contributed by atoms with van der Waals surface area (Å²) in [6.45, 7) is 1.42. The third-order valence-corrected chi connectivity index (χ3v) is 2.55. The van der Waals surface area contributed by atoms with E-state index < -0.39 is 12.1 Å². The predicted octanol–water partition coefficient (Wildman–Crippen LogP) is 2.38. The monoisotopic (exact) mass is 266 g/mol. The molecule has 18 heavy (non-hydrogen) atoms. The van der Waals surface area contributed by atoms with E-state index in [1.807, 2.05) is 30.3 Å². The fourth-order valence-corrected chi connectivity index (χ4v) is 1.52. The average molecular weight is 267 g/mol. The highest BCUT2D eigenvalue weighted by molar-refractivity contribution is 6.31. The summed E-state index contributed by atoms with van der Waals surface area (Å²) in [5.74, 6) is -0.962. The molecule has 0 amide bonds. The van der Waals surface area contributed by atoms with Gasteiger partial charge in [-0.05, 0) is 19.1 Å². The van der Waals surface area contributed by atoms with Gasteiger partial charge in [-0.25, -0.2) is 9.48 Å². The number of aromatic nitrogens is 2. The van der Waals surface area contributed by atoms with Gasteiger partial charge in [0, 0.05) is 0 Å². The molecule has 0 spiro atoms. The lowest BCUT2D eigenvalue weighted by Gasteiger charge is -2.07. The Bertz CT molecular complexity index is 554. The quantitative estimate of drug-likeness (QED) is 0.923. The number of nitrogens with zero attached hydrogens (tertiary/aromatic N) is 2. The molecule has 1 aromatic heterocycles. The van der Waals surface area contributed by atoms with E-state index in [1.54, 1.807) is 6.20 Å². The van der Waals surface area contributed by atoms with Crippen LogP contribution in [-0.4, -0.2) is 27.0 Å². The van der Waals surface area contributed by atoms with Gasteiger partial charge in [-0.1, -0.05) is 29.8 Å². The Labute approximate surface area is 109 Å². The molecule has 0 radical (unpaired) electrons. The molecule has 1 heterocycles. The van der Waals surface area contributed by atoms with Gasteiger partial charge in [-0.2, -0.15) is 0 Å². The summed E-state index contributed by atoms with van der Waals surface area (Å²) in [4.78, 5) is 10.7. The lowest BCUT2D eigenvalue weighted by Crippen LogP contribution is -2.23. The molecule has 94 valence electrons. The maximum atomic E-state index is 10.7. The maximum Gasteiger partial charge on any atom is 0.344 e. The molecular formula is C12H11ClN2O3. The van der Waals surface area contributed by atoms with E-state index in [1.165, 1.54) is 11.6 Å². The zero-order chi connectivity index (χ0) is 13.1. The van der Waals surface area contributed by atoms with E-state index >= 15 is 0 Å². The summed E-state index contributed by atoms with van der Waals surface area (Å²) in [7, 11) is 0. The number of hydrogen-bond acceptors (Lipinski definition) is 3. The highest BCUT2D eigenvalue weighted by Gasteiger charge is 2.17. The molecule has 0 fully saturated rings. The predicted molar refractivity (Wildman–Crippen MR) is 66.3 cm³/mol. The molecule has 0 aliphatic rings. The second-order valence-corrected chi connectivity index (χ2v) is 4.07. The highest BCUT2D eigenvalue weighted by Crippen LogP contribution is 2.24. The fourth-order valence-electron chi connectivity index (χ4n) is 1.35. The lowest BCUT2D eigenvalue weighted by molar-refractivity contribution is -0.144. The van der Waals surface area contributed by atoms with Crippen LogP contribution in [-0.2, 0) is 4.79 Å². The maximum absolute atomic E-state index is 10.7. The summed E-state index contributed by atoms with van der Waals surface area (Å²) in [6.07, 6.45) is 0.572. The first-order chi connectivity index (χ1) is 8.58. The normalized spacial score (nSPS) is 12.1. The van der Waals surface area contributed by atoms with Crippen LogP contribution in [0.15, 0.2) is 36.5 Å². The van der Waals surface area contributed by atoms with Crippen LogP contribution in [0, 0.1) is 0 Å². The van der Waals surface area contributed by atoms with E-state index in [-0.39, 0.29) is 10.9 Å². The van der Waals surface area contributed by atoms with Crippen molar-refractivity contribution in [3.63, 3.8) is 0 Å². The Kier molecular flexibility index (Phi) is 3.53. The van der Waals surface area contributed by atoms with E-state index in [4.69, 9.17) is 21.4 Å². The van der Waals surface area contributed by atoms with Gasteiger partial charge in [-0.3, -0.25) is 0 Å². The molecule has 2 aromatic rings. The smallest absolute Gasteiger partial charge is 0.344 e. The molecular weight excluding hydrogens is 256 g/mol. The summed E-state index contributed by atoms with van der Waals surface area (Å²) in [5, 5.41) is 13.1. The Morgan fingerprint density at radius 3 is 2.72 bits per heavy atom. The van der Waals surface area contributed by atoms with Crippen LogP contribution in [0.4, 0.5) is 0 Å². The van der Waals surface area contributed by atoms with Crippen molar-refractivity contribution >= 4 is 17.6 Å². The zero-order valence-corrected chi connectivity index (χ0v) is 10.3. The van der Waals surface area contributed by atoms with Crippen LogP contribution in [0.2, 0.25) is 5.02 Å². The number of halogens is 1. The van der Waals surface area contributed by atoms with Crippen molar-refractivity contribution in [2.24, 2.45) is 0 Å². The molecule has 1 N–H and O–H groups in total. The second kappa shape index (κ2) is 5.10. The van der Waals surface area contributed by atoms with Gasteiger partial charge >= 0.3 is 5.97 Å². The van der Waals surface area contributed by atoms with Crippen molar-refractivity contribution in [2.75, 3.05) is 0 Å². The number of rotatable bonds is 4. The number of para-hydroxylation sites is 1. The Hall–Kier alpha value is -2.01. The first kappa shape index (κ1) is 12.4. The van der Waals surface area contributed by atoms with E-state index in [0.717, 1.165) is 5.69 Å². The summed E-state index contributed by atoms with van der Waals surface area (Å²) < 4.78 is 6.68. The van der Waals surface area contributed by atoms with E-state index in [2.05, 4.69) is 5.10 Å². The first-order valence-electron chi connectivity index (χ1n) is 5.28. The Balaban J connectivity index is 2.25. The van der Waals surface area contributed by atoms with Crippen LogP contribution in [0.5, 0.6) is 5.88 Å². The zero-order valence-electron chi connectivity index (χ0n) is 9.58. The van der Waals surface area contributed by atoms with Gasteiger partial charge in [0.25, 0.3) is 5.88 Å². The number of hydrogen-bond donors (Lipinski definition) is 1. The Morgan fingerprint density at radius 2 is 2.11 bits per heavy atom. The molecule has 5 nitrogen and oxygen atoms in total. The van der Waals surface area contributed by atoms with Gasteiger partial charge in [0.15, 0.2) is 6.10 Å². The second-order valence-electron chi connectivity index (χ2n) is 3.66. The number of carbonyl (C=O) groups is 1. The van der Waals surface area contributed by atoms with Gasteiger partial charge in [-0.15, -0.1) is 5.10 Å². The summed E-state index contributed by atoms with van der Waals surface area (Å²) >= 11 is 5.94. The van der Waals surface area contributed by atoms with E-state index in [9.17, 15) is 4.79 Å². The van der Waals surface area contributed by atoms with E-state index in [0.29, 0.717) is 0 Å². The number of benzene rings is 1. The van der Waals surface area contributed by atoms with Crippen molar-refractivity contribution in [1.29, 1.82) is 0 Å². The molecule has 1 atom stereocenters. The minimum Gasteiger partial charge on any atom is -0.479 e. The summed E-state index contributed by atoms with van der Waals surface area (Å²) in [5.41, 5.74) is 0.817. The molecule has 1 aromatic carbocycles. The highest BCUT2D eigenvalue weighted by atomic mass is 35.5. The van der Waals surface area contributed by atoms with Crippen molar-refractivity contribution < 1.29 is 14.6 Å². The first-order valence-corrected chi connectivity index (χ1v) is 5.66. The van der Waals surface area contributed by atoms with Crippen LogP contribution in [0.3, 0.4) is 0 Å². The SMILES string of the molecule is C[C@@H](Oc1nn(-c2ccccc2)cc1Cl)C(=O)O. The number of carboxylic acids is 1. The minimum absolute atomic E-state index is 0.107. The Morgan fingerprint density at radius 1 is 1.44 bits per heavy atom. The van der Waals surface area contributed by atoms with Crippen molar-refractivity contribution in [1.82, 2.24) is 9.78 Å². The van der Waals surface area contributed by atoms with Gasteiger partial charge in [0.05, 0.1) is 11.9 Å². The number of aliphatic carboxylic acids is 1. The van der Waals surface area contributed by atoms with Crippen molar-refractivity contribution in [2.45, 2.75) is 13.0 Å². The average Bonchev–Trinajstić information content (AvgIpc) is 2.72. The molecule has 0 saturated heterocycles. The molecule has 0 bridgehead atoms. The van der Waals surface area contributed by atoms with Crippen LogP contribution in [0.1, 0.15) is 6.92 Å². The molecule has 0 unspecified atom stereocenters. The number of ether oxygens (including phenoxy) is 1. The summed E-state index contributed by atoms with van der Waals surface area (Å²) in [6, 6.07) is 9.33.